The Morgan fingerprint density at radius 1 is 1.57 bits per heavy atom. The number of rotatable bonds is 6. The molecule has 0 saturated heterocycles. The lowest BCUT2D eigenvalue weighted by molar-refractivity contribution is 0.285. The van der Waals surface area contributed by atoms with Crippen LogP contribution in [0, 0.1) is 0 Å². The Hall–Kier alpha value is -0.420. The van der Waals surface area contributed by atoms with Gasteiger partial charge < -0.3 is 16.2 Å². The molecule has 0 aliphatic heterocycles. The molecule has 0 amide bonds. The summed E-state index contributed by atoms with van der Waals surface area (Å²) in [5, 5.41) is 11.9. The van der Waals surface area contributed by atoms with Crippen LogP contribution in [0.25, 0.3) is 0 Å². The van der Waals surface area contributed by atoms with Crippen molar-refractivity contribution in [3.05, 3.63) is 21.9 Å². The van der Waals surface area contributed by atoms with Crippen molar-refractivity contribution < 1.29 is 5.11 Å². The first-order chi connectivity index (χ1) is 6.81. The number of aliphatic hydroxyl groups is 1. The summed E-state index contributed by atoms with van der Waals surface area (Å²) in [6.45, 7) is 3.47. The van der Waals surface area contributed by atoms with Crippen molar-refractivity contribution in [2.45, 2.75) is 19.4 Å². The molecule has 14 heavy (non-hydrogen) atoms. The Bertz CT molecular complexity index is 262. The quantitative estimate of drug-likeness (QED) is 0.659. The van der Waals surface area contributed by atoms with E-state index in [0.29, 0.717) is 13.1 Å². The topological polar surface area (TPSA) is 58.3 Å². The number of aliphatic hydroxyl groups excluding tert-OH is 1. The molecule has 1 aromatic heterocycles. The largest absolute Gasteiger partial charge is 0.395 e. The lowest BCUT2D eigenvalue weighted by atomic mass is 10.2. The Labute approximate surface area is 88.9 Å². The van der Waals surface area contributed by atoms with Crippen molar-refractivity contribution in [3.63, 3.8) is 0 Å². The normalized spacial score (nSPS) is 13.1. The minimum atomic E-state index is 0.155. The van der Waals surface area contributed by atoms with Crippen molar-refractivity contribution >= 4 is 11.3 Å². The SMILES string of the molecule is CCc1ccc(C(CN)NCCO)s1. The first kappa shape index (κ1) is 11.7. The molecule has 0 bridgehead atoms. The first-order valence-electron chi connectivity index (χ1n) is 4.94. The third-order valence-electron chi connectivity index (χ3n) is 2.11. The lowest BCUT2D eigenvalue weighted by Gasteiger charge is -2.13. The van der Waals surface area contributed by atoms with E-state index < -0.39 is 0 Å². The molecule has 1 unspecified atom stereocenters. The van der Waals surface area contributed by atoms with Crippen LogP contribution in [0.4, 0.5) is 0 Å². The molecule has 0 fully saturated rings. The number of thiophene rings is 1. The third kappa shape index (κ3) is 3.06. The summed E-state index contributed by atoms with van der Waals surface area (Å²) in [5.74, 6) is 0. The number of hydrogen-bond acceptors (Lipinski definition) is 4. The van der Waals surface area contributed by atoms with E-state index in [1.807, 2.05) is 0 Å². The zero-order chi connectivity index (χ0) is 10.4. The maximum Gasteiger partial charge on any atom is 0.0556 e. The van der Waals surface area contributed by atoms with Gasteiger partial charge in [0.2, 0.25) is 0 Å². The average Bonchev–Trinajstić information content (AvgIpc) is 2.68. The van der Waals surface area contributed by atoms with Crippen molar-refractivity contribution in [2.75, 3.05) is 19.7 Å². The van der Waals surface area contributed by atoms with E-state index in [1.54, 1.807) is 11.3 Å². The van der Waals surface area contributed by atoms with Crippen molar-refractivity contribution in [1.82, 2.24) is 5.32 Å². The van der Waals surface area contributed by atoms with Gasteiger partial charge in [-0.1, -0.05) is 6.92 Å². The Balaban J connectivity index is 2.58. The van der Waals surface area contributed by atoms with Gasteiger partial charge in [0.15, 0.2) is 0 Å². The van der Waals surface area contributed by atoms with Gasteiger partial charge >= 0.3 is 0 Å². The summed E-state index contributed by atoms with van der Waals surface area (Å²) in [6.07, 6.45) is 1.07. The molecule has 0 saturated carbocycles. The Morgan fingerprint density at radius 3 is 2.86 bits per heavy atom. The van der Waals surface area contributed by atoms with Gasteiger partial charge in [0.1, 0.15) is 0 Å². The number of nitrogens with two attached hydrogens (primary N) is 1. The van der Waals surface area contributed by atoms with Crippen molar-refractivity contribution in [3.8, 4) is 0 Å². The third-order valence-corrected chi connectivity index (χ3v) is 3.46. The zero-order valence-corrected chi connectivity index (χ0v) is 9.31. The summed E-state index contributed by atoms with van der Waals surface area (Å²) in [4.78, 5) is 2.64. The van der Waals surface area contributed by atoms with E-state index in [-0.39, 0.29) is 12.6 Å². The fourth-order valence-electron chi connectivity index (χ4n) is 1.31. The minimum absolute atomic E-state index is 0.155. The fourth-order valence-corrected chi connectivity index (χ4v) is 2.35. The molecule has 1 heterocycles. The second-order valence-electron chi connectivity index (χ2n) is 3.12. The highest BCUT2D eigenvalue weighted by atomic mass is 32.1. The van der Waals surface area contributed by atoms with Crippen LogP contribution in [-0.4, -0.2) is 24.8 Å². The van der Waals surface area contributed by atoms with Crippen LogP contribution in [0.5, 0.6) is 0 Å². The number of hydrogen-bond donors (Lipinski definition) is 3. The van der Waals surface area contributed by atoms with Gasteiger partial charge in [-0.3, -0.25) is 0 Å². The molecule has 4 heteroatoms. The second-order valence-corrected chi connectivity index (χ2v) is 4.32. The molecule has 80 valence electrons. The van der Waals surface area contributed by atoms with Crippen LogP contribution in [0.15, 0.2) is 12.1 Å². The van der Waals surface area contributed by atoms with E-state index in [4.69, 9.17) is 10.8 Å². The Morgan fingerprint density at radius 2 is 2.36 bits per heavy atom. The molecule has 0 spiro atoms. The summed E-state index contributed by atoms with van der Waals surface area (Å²) >= 11 is 1.79. The molecule has 0 aliphatic carbocycles. The average molecular weight is 214 g/mol. The van der Waals surface area contributed by atoms with E-state index in [1.165, 1.54) is 9.75 Å². The number of aryl methyl sites for hydroxylation is 1. The van der Waals surface area contributed by atoms with Crippen LogP contribution < -0.4 is 11.1 Å². The van der Waals surface area contributed by atoms with Crippen molar-refractivity contribution in [2.24, 2.45) is 5.73 Å². The highest BCUT2D eigenvalue weighted by Gasteiger charge is 2.10. The highest BCUT2D eigenvalue weighted by molar-refractivity contribution is 7.12. The predicted octanol–water partition coefficient (Wildman–Crippen LogP) is 0.892. The van der Waals surface area contributed by atoms with Crippen molar-refractivity contribution in [1.29, 1.82) is 0 Å². The molecule has 0 aromatic carbocycles. The predicted molar refractivity (Wildman–Crippen MR) is 60.6 cm³/mol. The number of nitrogens with one attached hydrogen (secondary N) is 1. The standard InChI is InChI=1S/C10H18N2OS/c1-2-8-3-4-10(14-8)9(7-11)12-5-6-13/h3-4,9,12-13H,2,5-7,11H2,1H3. The molecule has 1 aromatic rings. The first-order valence-corrected chi connectivity index (χ1v) is 5.76. The summed E-state index contributed by atoms with van der Waals surface area (Å²) in [5.41, 5.74) is 5.66. The van der Waals surface area contributed by atoms with Crippen LogP contribution >= 0.6 is 11.3 Å². The lowest BCUT2D eigenvalue weighted by Crippen LogP contribution is -2.29. The van der Waals surface area contributed by atoms with Gasteiger partial charge in [-0.15, -0.1) is 11.3 Å². The van der Waals surface area contributed by atoms with E-state index in [9.17, 15) is 0 Å². The minimum Gasteiger partial charge on any atom is -0.395 e. The summed E-state index contributed by atoms with van der Waals surface area (Å²) < 4.78 is 0. The monoisotopic (exact) mass is 214 g/mol. The van der Waals surface area contributed by atoms with Crippen LogP contribution in [-0.2, 0) is 6.42 Å². The summed E-state index contributed by atoms with van der Waals surface area (Å²) in [7, 11) is 0. The smallest absolute Gasteiger partial charge is 0.0556 e. The molecular weight excluding hydrogens is 196 g/mol. The van der Waals surface area contributed by atoms with Crippen LogP contribution in [0.2, 0.25) is 0 Å². The van der Waals surface area contributed by atoms with Gasteiger partial charge in [0.25, 0.3) is 0 Å². The van der Waals surface area contributed by atoms with Gasteiger partial charge in [-0.25, -0.2) is 0 Å². The van der Waals surface area contributed by atoms with E-state index in [0.717, 1.165) is 6.42 Å². The van der Waals surface area contributed by atoms with Gasteiger partial charge in [0.05, 0.1) is 12.6 Å². The molecule has 0 radical (unpaired) electrons. The van der Waals surface area contributed by atoms with Crippen LogP contribution in [0.3, 0.4) is 0 Å². The Kier molecular flexibility index (Phi) is 5.11. The van der Waals surface area contributed by atoms with Crippen LogP contribution in [0.1, 0.15) is 22.7 Å². The molecule has 3 nitrogen and oxygen atoms in total. The summed E-state index contributed by atoms with van der Waals surface area (Å²) in [6, 6.07) is 4.45. The van der Waals surface area contributed by atoms with Gasteiger partial charge in [0, 0.05) is 22.8 Å². The fraction of sp³-hybridized carbons (Fsp3) is 0.600. The van der Waals surface area contributed by atoms with Gasteiger partial charge in [-0.2, -0.15) is 0 Å². The van der Waals surface area contributed by atoms with E-state index >= 15 is 0 Å². The zero-order valence-electron chi connectivity index (χ0n) is 8.49. The molecular formula is C10H18N2OS. The molecule has 1 atom stereocenters. The molecule has 4 N–H and O–H groups in total. The van der Waals surface area contributed by atoms with Gasteiger partial charge in [-0.05, 0) is 18.6 Å². The molecule has 0 aliphatic rings. The highest BCUT2D eigenvalue weighted by Crippen LogP contribution is 2.22. The maximum absolute atomic E-state index is 8.71. The maximum atomic E-state index is 8.71. The molecule has 1 rings (SSSR count). The van der Waals surface area contributed by atoms with E-state index in [2.05, 4.69) is 24.4 Å². The second kappa shape index (κ2) is 6.14.